The zero-order valence-electron chi connectivity index (χ0n) is 18.1. The van der Waals surface area contributed by atoms with Crippen molar-refractivity contribution in [3.05, 3.63) is 46.3 Å². The molecule has 1 unspecified atom stereocenters. The quantitative estimate of drug-likeness (QED) is 0.538. The van der Waals surface area contributed by atoms with Crippen LogP contribution in [0.3, 0.4) is 0 Å². The zero-order chi connectivity index (χ0) is 20.6. The van der Waals surface area contributed by atoms with E-state index < -0.39 is 0 Å². The maximum atomic E-state index is 4.48. The van der Waals surface area contributed by atoms with Gasteiger partial charge in [0, 0.05) is 50.9 Å². The normalized spacial score (nSPS) is 17.2. The van der Waals surface area contributed by atoms with Gasteiger partial charge < -0.3 is 15.5 Å². The van der Waals surface area contributed by atoms with Crippen molar-refractivity contribution in [1.82, 2.24) is 20.5 Å². The molecule has 2 aromatic rings. The van der Waals surface area contributed by atoms with Crippen LogP contribution in [0.4, 0.5) is 5.82 Å². The summed E-state index contributed by atoms with van der Waals surface area (Å²) < 4.78 is 0. The lowest BCUT2D eigenvalue weighted by Gasteiger charge is -2.36. The van der Waals surface area contributed by atoms with Gasteiger partial charge in [0.2, 0.25) is 0 Å². The molecule has 1 aliphatic rings. The Morgan fingerprint density at radius 1 is 1.28 bits per heavy atom. The van der Waals surface area contributed by atoms with Gasteiger partial charge in [-0.05, 0) is 49.4 Å². The van der Waals surface area contributed by atoms with E-state index in [1.807, 2.05) is 49.6 Å². The number of piperidine rings is 1. The van der Waals surface area contributed by atoms with E-state index in [4.69, 9.17) is 0 Å². The van der Waals surface area contributed by atoms with E-state index in [0.717, 1.165) is 29.8 Å². The van der Waals surface area contributed by atoms with Crippen molar-refractivity contribution in [2.75, 3.05) is 45.7 Å². The molecule has 158 valence electrons. The molecular formula is C22H34N6S. The van der Waals surface area contributed by atoms with Gasteiger partial charge in [-0.2, -0.15) is 0 Å². The molecule has 0 radical (unpaired) electrons. The lowest BCUT2D eigenvalue weighted by Crippen LogP contribution is -2.44. The first-order valence-electron chi connectivity index (χ1n) is 10.4. The molecule has 1 atom stereocenters. The minimum atomic E-state index is 0.386. The summed E-state index contributed by atoms with van der Waals surface area (Å²) in [7, 11) is 5.86. The highest BCUT2D eigenvalue weighted by Crippen LogP contribution is 2.29. The van der Waals surface area contributed by atoms with Crippen LogP contribution >= 0.6 is 11.3 Å². The number of nitrogens with one attached hydrogen (secondary N) is 2. The Kier molecular flexibility index (Phi) is 7.89. The minimum absolute atomic E-state index is 0.386. The molecular weight excluding hydrogens is 380 g/mol. The van der Waals surface area contributed by atoms with E-state index in [0.29, 0.717) is 12.6 Å². The Hall–Kier alpha value is -2.12. The molecule has 2 N–H and O–H groups in total. The molecule has 29 heavy (non-hydrogen) atoms. The smallest absolute Gasteiger partial charge is 0.191 e. The highest BCUT2D eigenvalue weighted by molar-refractivity contribution is 7.10. The molecule has 1 aliphatic heterocycles. The number of pyridine rings is 1. The molecule has 3 heterocycles. The van der Waals surface area contributed by atoms with E-state index in [-0.39, 0.29) is 0 Å². The van der Waals surface area contributed by atoms with Crippen molar-refractivity contribution >= 4 is 23.1 Å². The second kappa shape index (κ2) is 10.6. The third kappa shape index (κ3) is 5.93. The van der Waals surface area contributed by atoms with Crippen LogP contribution in [0.25, 0.3) is 0 Å². The van der Waals surface area contributed by atoms with E-state index in [9.17, 15) is 0 Å². The van der Waals surface area contributed by atoms with Crippen LogP contribution in [0.1, 0.15) is 36.2 Å². The van der Waals surface area contributed by atoms with E-state index in [2.05, 4.69) is 56.0 Å². The summed E-state index contributed by atoms with van der Waals surface area (Å²) >= 11 is 1.84. The third-order valence-electron chi connectivity index (χ3n) is 5.55. The van der Waals surface area contributed by atoms with Crippen molar-refractivity contribution < 1.29 is 0 Å². The molecule has 0 aromatic carbocycles. The van der Waals surface area contributed by atoms with E-state index in [1.165, 1.54) is 30.8 Å². The average molecular weight is 415 g/mol. The van der Waals surface area contributed by atoms with Crippen molar-refractivity contribution in [3.8, 4) is 0 Å². The fraction of sp³-hybridized carbons (Fsp3) is 0.545. The van der Waals surface area contributed by atoms with Crippen molar-refractivity contribution in [2.45, 2.75) is 32.4 Å². The van der Waals surface area contributed by atoms with Crippen molar-refractivity contribution in [3.63, 3.8) is 0 Å². The zero-order valence-corrected chi connectivity index (χ0v) is 18.9. The fourth-order valence-corrected chi connectivity index (χ4v) is 4.66. The van der Waals surface area contributed by atoms with E-state index in [1.54, 1.807) is 0 Å². The number of hydrogen-bond acceptors (Lipinski definition) is 5. The highest BCUT2D eigenvalue weighted by atomic mass is 32.1. The van der Waals surface area contributed by atoms with Gasteiger partial charge in [-0.15, -0.1) is 11.3 Å². The second-order valence-corrected chi connectivity index (χ2v) is 8.92. The van der Waals surface area contributed by atoms with Crippen LogP contribution in [-0.4, -0.2) is 56.6 Å². The molecule has 3 rings (SSSR count). The van der Waals surface area contributed by atoms with Crippen LogP contribution < -0.4 is 15.5 Å². The molecule has 0 spiro atoms. The summed E-state index contributed by atoms with van der Waals surface area (Å²) in [4.78, 5) is 15.0. The fourth-order valence-electron chi connectivity index (χ4n) is 3.79. The number of guanidine groups is 1. The molecule has 1 fully saturated rings. The summed E-state index contributed by atoms with van der Waals surface area (Å²) in [5, 5.41) is 9.18. The van der Waals surface area contributed by atoms with Gasteiger partial charge in [0.05, 0.1) is 6.04 Å². The predicted octanol–water partition coefficient (Wildman–Crippen LogP) is 3.35. The second-order valence-electron chi connectivity index (χ2n) is 7.94. The van der Waals surface area contributed by atoms with Crippen molar-refractivity contribution in [1.29, 1.82) is 0 Å². The minimum Gasteiger partial charge on any atom is -0.362 e. The molecule has 1 saturated heterocycles. The van der Waals surface area contributed by atoms with Gasteiger partial charge in [0.25, 0.3) is 0 Å². The van der Waals surface area contributed by atoms with Crippen molar-refractivity contribution in [2.24, 2.45) is 10.9 Å². The molecule has 6 nitrogen and oxygen atoms in total. The summed E-state index contributed by atoms with van der Waals surface area (Å²) in [5.41, 5.74) is 1.15. The van der Waals surface area contributed by atoms with Gasteiger partial charge in [-0.1, -0.05) is 19.1 Å². The first-order valence-corrected chi connectivity index (χ1v) is 11.3. The Morgan fingerprint density at radius 3 is 2.72 bits per heavy atom. The van der Waals surface area contributed by atoms with Crippen LogP contribution in [-0.2, 0) is 6.54 Å². The molecule has 0 amide bonds. The van der Waals surface area contributed by atoms with Crippen LogP contribution in [0.15, 0.2) is 40.8 Å². The summed E-state index contributed by atoms with van der Waals surface area (Å²) in [6.45, 7) is 6.23. The number of rotatable bonds is 7. The van der Waals surface area contributed by atoms with Gasteiger partial charge in [-0.3, -0.25) is 9.89 Å². The Labute approximate surface area is 179 Å². The lowest BCUT2D eigenvalue weighted by atomic mass is 9.97. The SMILES string of the molecule is CN=C(NCc1cccnc1N(C)C)NCC(c1cccs1)N1CCC(C)CC1. The first kappa shape index (κ1) is 21.6. The lowest BCUT2D eigenvalue weighted by molar-refractivity contribution is 0.140. The first-order chi connectivity index (χ1) is 14.1. The number of hydrogen-bond donors (Lipinski definition) is 2. The molecule has 2 aromatic heterocycles. The summed E-state index contributed by atoms with van der Waals surface area (Å²) in [6.07, 6.45) is 4.39. The molecule has 0 saturated carbocycles. The third-order valence-corrected chi connectivity index (χ3v) is 6.53. The maximum absolute atomic E-state index is 4.48. The number of thiophene rings is 1. The number of aliphatic imine (C=N–C) groups is 1. The predicted molar refractivity (Wildman–Crippen MR) is 124 cm³/mol. The van der Waals surface area contributed by atoms with Gasteiger partial charge in [0.15, 0.2) is 5.96 Å². The maximum Gasteiger partial charge on any atom is 0.191 e. The van der Waals surface area contributed by atoms with Crippen LogP contribution in [0.5, 0.6) is 0 Å². The summed E-state index contributed by atoms with van der Waals surface area (Å²) in [5.74, 6) is 2.64. The summed E-state index contributed by atoms with van der Waals surface area (Å²) in [6, 6.07) is 8.87. The number of nitrogens with zero attached hydrogens (tertiary/aromatic N) is 4. The number of anilines is 1. The standard InChI is InChI=1S/C22H34N6S/c1-17-9-12-28(13-10-17)19(20-8-6-14-29-20)16-26-22(23-2)25-15-18-7-5-11-24-21(18)27(3)4/h5-8,11,14,17,19H,9-10,12-13,15-16H2,1-4H3,(H2,23,25,26). The number of likely N-dealkylation sites (tertiary alicyclic amines) is 1. The van der Waals surface area contributed by atoms with Gasteiger partial charge >= 0.3 is 0 Å². The van der Waals surface area contributed by atoms with Gasteiger partial charge in [-0.25, -0.2) is 4.98 Å². The molecule has 0 aliphatic carbocycles. The van der Waals surface area contributed by atoms with Crippen LogP contribution in [0, 0.1) is 5.92 Å². The Balaban J connectivity index is 1.61. The Morgan fingerprint density at radius 2 is 2.07 bits per heavy atom. The highest BCUT2D eigenvalue weighted by Gasteiger charge is 2.25. The average Bonchev–Trinajstić information content (AvgIpc) is 3.26. The Bertz CT molecular complexity index is 765. The van der Waals surface area contributed by atoms with E-state index >= 15 is 0 Å². The largest absolute Gasteiger partial charge is 0.362 e. The van der Waals surface area contributed by atoms with Gasteiger partial charge in [0.1, 0.15) is 5.82 Å². The number of aromatic nitrogens is 1. The molecule has 0 bridgehead atoms. The van der Waals surface area contributed by atoms with Crippen LogP contribution in [0.2, 0.25) is 0 Å². The monoisotopic (exact) mass is 414 g/mol. The topological polar surface area (TPSA) is 55.8 Å². The molecule has 7 heteroatoms.